The zero-order valence-corrected chi connectivity index (χ0v) is 11.1. The highest BCUT2D eigenvalue weighted by Crippen LogP contribution is 2.18. The van der Waals surface area contributed by atoms with Crippen LogP contribution in [0.15, 0.2) is 18.3 Å². The van der Waals surface area contributed by atoms with Crippen molar-refractivity contribution in [3.8, 4) is 11.5 Å². The molecule has 0 aliphatic rings. The molecule has 0 unspecified atom stereocenters. The second-order valence-electron chi connectivity index (χ2n) is 4.12. The predicted octanol–water partition coefficient (Wildman–Crippen LogP) is 3.38. The van der Waals surface area contributed by atoms with Gasteiger partial charge in [0.25, 0.3) is 0 Å². The summed E-state index contributed by atoms with van der Waals surface area (Å²) in [4.78, 5) is 12.0. The van der Waals surface area contributed by atoms with E-state index in [1.54, 1.807) is 0 Å². The third-order valence-electron chi connectivity index (χ3n) is 2.62. The van der Waals surface area contributed by atoms with E-state index in [2.05, 4.69) is 27.9 Å². The monoisotopic (exact) mass is 245 g/mol. The number of H-pyrrole nitrogens is 1. The Kier molecular flexibility index (Phi) is 3.33. The Labute approximate surface area is 106 Å². The molecule has 0 radical (unpaired) electrons. The van der Waals surface area contributed by atoms with E-state index in [9.17, 15) is 0 Å². The van der Waals surface area contributed by atoms with E-state index in [0.717, 1.165) is 34.8 Å². The van der Waals surface area contributed by atoms with Gasteiger partial charge < -0.3 is 4.98 Å². The first-order valence-corrected chi connectivity index (χ1v) is 6.05. The largest absolute Gasteiger partial charge is 0.342 e. The van der Waals surface area contributed by atoms with Crippen LogP contribution in [-0.2, 0) is 6.42 Å². The summed E-state index contributed by atoms with van der Waals surface area (Å²) < 4.78 is 0.609. The molecule has 88 valence electrons. The third-order valence-corrected chi connectivity index (χ3v) is 2.83. The standard InChI is InChI=1S/C13H15N3S/c1-4-10-6-11(17)16-13(15-10)12-9(3)5-8(2)7-14-12/h5-7H,4H2,1-3H3,(H,15,16,17). The quantitative estimate of drug-likeness (QED) is 0.825. The van der Waals surface area contributed by atoms with Crippen molar-refractivity contribution in [3.05, 3.63) is 39.8 Å². The van der Waals surface area contributed by atoms with Gasteiger partial charge in [-0.05, 0) is 37.5 Å². The molecule has 0 saturated heterocycles. The normalized spacial score (nSPS) is 10.5. The molecule has 2 aromatic rings. The van der Waals surface area contributed by atoms with Crippen LogP contribution in [0.25, 0.3) is 11.5 Å². The summed E-state index contributed by atoms with van der Waals surface area (Å²) in [6.07, 6.45) is 2.75. The van der Waals surface area contributed by atoms with Crippen molar-refractivity contribution in [2.45, 2.75) is 27.2 Å². The molecule has 2 aromatic heterocycles. The number of aromatic amines is 1. The molecule has 2 rings (SSSR count). The highest BCUT2D eigenvalue weighted by molar-refractivity contribution is 7.71. The van der Waals surface area contributed by atoms with E-state index < -0.39 is 0 Å². The fourth-order valence-electron chi connectivity index (χ4n) is 1.77. The second-order valence-corrected chi connectivity index (χ2v) is 4.54. The van der Waals surface area contributed by atoms with Crippen LogP contribution in [0.3, 0.4) is 0 Å². The Hall–Kier alpha value is -1.55. The molecule has 0 aliphatic carbocycles. The number of hydrogen-bond acceptors (Lipinski definition) is 3. The summed E-state index contributed by atoms with van der Waals surface area (Å²) in [5.41, 5.74) is 4.21. The van der Waals surface area contributed by atoms with Gasteiger partial charge in [-0.2, -0.15) is 0 Å². The molecule has 0 bridgehead atoms. The lowest BCUT2D eigenvalue weighted by molar-refractivity contribution is 0.988. The minimum absolute atomic E-state index is 0.609. The van der Waals surface area contributed by atoms with Crippen molar-refractivity contribution in [3.63, 3.8) is 0 Å². The van der Waals surface area contributed by atoms with Gasteiger partial charge in [-0.15, -0.1) is 0 Å². The minimum Gasteiger partial charge on any atom is -0.342 e. The molecule has 0 aromatic carbocycles. The molecule has 1 N–H and O–H groups in total. The van der Waals surface area contributed by atoms with Crippen LogP contribution < -0.4 is 0 Å². The van der Waals surface area contributed by atoms with Crippen LogP contribution in [0.2, 0.25) is 0 Å². The zero-order valence-electron chi connectivity index (χ0n) is 10.2. The first-order chi connectivity index (χ1) is 8.10. The maximum atomic E-state index is 5.16. The van der Waals surface area contributed by atoms with Crippen LogP contribution in [0.1, 0.15) is 23.7 Å². The first-order valence-electron chi connectivity index (χ1n) is 5.64. The molecule has 0 fully saturated rings. The lowest BCUT2D eigenvalue weighted by Gasteiger charge is -2.07. The Morgan fingerprint density at radius 2 is 2.06 bits per heavy atom. The number of pyridine rings is 1. The summed E-state index contributed by atoms with van der Waals surface area (Å²) >= 11 is 5.16. The van der Waals surface area contributed by atoms with Gasteiger partial charge in [0.2, 0.25) is 0 Å². The SMILES string of the molecule is CCc1cc(=S)nc(-c2ncc(C)cc2C)[nH]1. The second kappa shape index (κ2) is 4.75. The molecule has 0 atom stereocenters. The number of nitrogens with one attached hydrogen (secondary N) is 1. The predicted molar refractivity (Wildman–Crippen MR) is 71.5 cm³/mol. The van der Waals surface area contributed by atoms with Gasteiger partial charge >= 0.3 is 0 Å². The van der Waals surface area contributed by atoms with E-state index in [1.165, 1.54) is 0 Å². The van der Waals surface area contributed by atoms with Crippen molar-refractivity contribution in [1.82, 2.24) is 15.0 Å². The smallest absolute Gasteiger partial charge is 0.158 e. The van der Waals surface area contributed by atoms with Crippen LogP contribution in [0.5, 0.6) is 0 Å². The molecular weight excluding hydrogens is 230 g/mol. The van der Waals surface area contributed by atoms with Crippen LogP contribution in [-0.4, -0.2) is 15.0 Å². The van der Waals surface area contributed by atoms with Crippen LogP contribution >= 0.6 is 12.2 Å². The molecule has 3 nitrogen and oxygen atoms in total. The Morgan fingerprint density at radius 1 is 1.29 bits per heavy atom. The molecule has 17 heavy (non-hydrogen) atoms. The molecule has 4 heteroatoms. The van der Waals surface area contributed by atoms with Gasteiger partial charge in [0.05, 0.1) is 0 Å². The fourth-order valence-corrected chi connectivity index (χ4v) is 2.01. The molecule has 0 spiro atoms. The average molecular weight is 245 g/mol. The zero-order chi connectivity index (χ0) is 12.4. The van der Waals surface area contributed by atoms with Gasteiger partial charge in [0, 0.05) is 11.9 Å². The number of aryl methyl sites for hydroxylation is 3. The number of hydrogen-bond donors (Lipinski definition) is 1. The lowest BCUT2D eigenvalue weighted by Crippen LogP contribution is -1.98. The van der Waals surface area contributed by atoms with Crippen molar-refractivity contribution < 1.29 is 0 Å². The highest BCUT2D eigenvalue weighted by atomic mass is 32.1. The summed E-state index contributed by atoms with van der Waals surface area (Å²) in [5.74, 6) is 0.756. The summed E-state index contributed by atoms with van der Waals surface area (Å²) in [6.45, 7) is 6.15. The Balaban J connectivity index is 2.60. The third kappa shape index (κ3) is 2.58. The van der Waals surface area contributed by atoms with Gasteiger partial charge in [0.15, 0.2) is 5.82 Å². The Bertz CT molecular complexity index is 602. The maximum absolute atomic E-state index is 5.16. The highest BCUT2D eigenvalue weighted by Gasteiger charge is 2.06. The number of rotatable bonds is 2. The van der Waals surface area contributed by atoms with Crippen molar-refractivity contribution in [2.75, 3.05) is 0 Å². The molecule has 0 aliphatic heterocycles. The van der Waals surface area contributed by atoms with E-state index >= 15 is 0 Å². The fraction of sp³-hybridized carbons (Fsp3) is 0.308. The van der Waals surface area contributed by atoms with Crippen molar-refractivity contribution in [2.24, 2.45) is 0 Å². The summed E-state index contributed by atoms with van der Waals surface area (Å²) in [7, 11) is 0. The lowest BCUT2D eigenvalue weighted by atomic mass is 10.1. The maximum Gasteiger partial charge on any atom is 0.158 e. The molecule has 0 saturated carbocycles. The van der Waals surface area contributed by atoms with Crippen molar-refractivity contribution in [1.29, 1.82) is 0 Å². The molecular formula is C13H15N3S. The van der Waals surface area contributed by atoms with E-state index in [0.29, 0.717) is 4.64 Å². The van der Waals surface area contributed by atoms with Gasteiger partial charge in [0.1, 0.15) is 10.3 Å². The Morgan fingerprint density at radius 3 is 2.71 bits per heavy atom. The minimum atomic E-state index is 0.609. The summed E-state index contributed by atoms with van der Waals surface area (Å²) in [6, 6.07) is 3.99. The van der Waals surface area contributed by atoms with Crippen LogP contribution in [0, 0.1) is 18.5 Å². The van der Waals surface area contributed by atoms with Crippen molar-refractivity contribution >= 4 is 12.2 Å². The van der Waals surface area contributed by atoms with E-state index in [4.69, 9.17) is 12.2 Å². The van der Waals surface area contributed by atoms with E-state index in [-0.39, 0.29) is 0 Å². The average Bonchev–Trinajstić information content (AvgIpc) is 2.28. The summed E-state index contributed by atoms with van der Waals surface area (Å²) in [5, 5.41) is 0. The van der Waals surface area contributed by atoms with Crippen LogP contribution in [0.4, 0.5) is 0 Å². The molecule has 2 heterocycles. The number of nitrogens with zero attached hydrogens (tertiary/aromatic N) is 2. The van der Waals surface area contributed by atoms with E-state index in [1.807, 2.05) is 26.1 Å². The topological polar surface area (TPSA) is 41.6 Å². The van der Waals surface area contributed by atoms with Gasteiger partial charge in [-0.1, -0.05) is 25.2 Å². The molecule has 0 amide bonds. The number of aromatic nitrogens is 3. The van der Waals surface area contributed by atoms with Gasteiger partial charge in [-0.25, -0.2) is 4.98 Å². The first kappa shape index (κ1) is 11.9. The van der Waals surface area contributed by atoms with Gasteiger partial charge in [-0.3, -0.25) is 4.98 Å².